The Kier molecular flexibility index (Phi) is 2.72. The molecule has 2 N–H and O–H groups in total. The number of hydrogen-bond acceptors (Lipinski definition) is 4. The molecule has 0 atom stereocenters. The van der Waals surface area contributed by atoms with Gasteiger partial charge in [-0.15, -0.1) is 11.3 Å². The number of aromatic nitrogens is 2. The highest BCUT2D eigenvalue weighted by Crippen LogP contribution is 2.34. The number of nitrogen functional groups attached to an aromatic ring is 1. The predicted molar refractivity (Wildman–Crippen MR) is 76.6 cm³/mol. The van der Waals surface area contributed by atoms with E-state index in [1.807, 2.05) is 0 Å². The fourth-order valence-electron chi connectivity index (χ4n) is 2.19. The van der Waals surface area contributed by atoms with Gasteiger partial charge in [0.25, 0.3) is 0 Å². The summed E-state index contributed by atoms with van der Waals surface area (Å²) in [6.45, 7) is 2.08. The monoisotopic (exact) mass is 255 g/mol. The largest absolute Gasteiger partial charge is 0.383 e. The van der Waals surface area contributed by atoms with E-state index in [4.69, 9.17) is 5.73 Å². The number of nitrogens with two attached hydrogens (primary N) is 1. The Bertz CT molecular complexity index is 703. The van der Waals surface area contributed by atoms with E-state index in [9.17, 15) is 0 Å². The van der Waals surface area contributed by atoms with Gasteiger partial charge in [0.15, 0.2) is 0 Å². The van der Waals surface area contributed by atoms with Crippen molar-refractivity contribution < 1.29 is 0 Å². The van der Waals surface area contributed by atoms with E-state index >= 15 is 0 Å². The molecule has 0 radical (unpaired) electrons. The van der Waals surface area contributed by atoms with Gasteiger partial charge in [-0.3, -0.25) is 0 Å². The van der Waals surface area contributed by atoms with Crippen LogP contribution in [0, 0.1) is 0 Å². The van der Waals surface area contributed by atoms with Crippen molar-refractivity contribution in [2.45, 2.75) is 13.3 Å². The maximum atomic E-state index is 5.94. The van der Waals surface area contributed by atoms with Crippen LogP contribution in [0.3, 0.4) is 0 Å². The smallest absolute Gasteiger partial charge is 0.130 e. The van der Waals surface area contributed by atoms with Gasteiger partial charge in [0.2, 0.25) is 0 Å². The summed E-state index contributed by atoms with van der Waals surface area (Å²) in [7, 11) is 0. The molecule has 3 rings (SSSR count). The maximum Gasteiger partial charge on any atom is 0.130 e. The first kappa shape index (κ1) is 11.2. The molecule has 0 spiro atoms. The van der Waals surface area contributed by atoms with Crippen LogP contribution >= 0.6 is 11.3 Å². The SMILES string of the molecule is CCc1c(N)ncnc1-c1cccc2ccsc12. The summed E-state index contributed by atoms with van der Waals surface area (Å²) in [5.74, 6) is 0.580. The lowest BCUT2D eigenvalue weighted by Crippen LogP contribution is -2.01. The molecule has 2 heterocycles. The zero-order chi connectivity index (χ0) is 12.5. The summed E-state index contributed by atoms with van der Waals surface area (Å²) in [6.07, 6.45) is 2.38. The van der Waals surface area contributed by atoms with Gasteiger partial charge in [-0.2, -0.15) is 0 Å². The van der Waals surface area contributed by atoms with E-state index in [2.05, 4.69) is 46.5 Å². The highest BCUT2D eigenvalue weighted by Gasteiger charge is 2.12. The maximum absolute atomic E-state index is 5.94. The van der Waals surface area contributed by atoms with Gasteiger partial charge in [-0.25, -0.2) is 9.97 Å². The molecule has 3 nitrogen and oxygen atoms in total. The lowest BCUT2D eigenvalue weighted by molar-refractivity contribution is 1.06. The fraction of sp³-hybridized carbons (Fsp3) is 0.143. The van der Waals surface area contributed by atoms with Crippen molar-refractivity contribution in [3.8, 4) is 11.3 Å². The molecule has 0 saturated heterocycles. The molecule has 2 aromatic heterocycles. The summed E-state index contributed by atoms with van der Waals surface area (Å²) < 4.78 is 1.25. The lowest BCUT2D eigenvalue weighted by Gasteiger charge is -2.09. The van der Waals surface area contributed by atoms with Crippen molar-refractivity contribution in [1.29, 1.82) is 0 Å². The van der Waals surface area contributed by atoms with E-state index < -0.39 is 0 Å². The number of fused-ring (bicyclic) bond motifs is 1. The van der Waals surface area contributed by atoms with Crippen LogP contribution in [-0.2, 0) is 6.42 Å². The molecule has 0 aliphatic heterocycles. The molecule has 0 unspecified atom stereocenters. The van der Waals surface area contributed by atoms with E-state index in [0.29, 0.717) is 5.82 Å². The van der Waals surface area contributed by atoms with Gasteiger partial charge in [0.05, 0.1) is 5.69 Å². The molecule has 0 bridgehead atoms. The highest BCUT2D eigenvalue weighted by atomic mass is 32.1. The zero-order valence-electron chi connectivity index (χ0n) is 10.1. The summed E-state index contributed by atoms with van der Waals surface area (Å²) in [5, 5.41) is 3.35. The Hall–Kier alpha value is -1.94. The second-order valence-corrected chi connectivity index (χ2v) is 5.00. The van der Waals surface area contributed by atoms with Crippen molar-refractivity contribution in [2.75, 3.05) is 5.73 Å². The van der Waals surface area contributed by atoms with Crippen molar-refractivity contribution in [1.82, 2.24) is 9.97 Å². The standard InChI is InChI=1S/C14H13N3S/c1-2-10-12(16-8-17-14(10)15)11-5-3-4-9-6-7-18-13(9)11/h3-8H,2H2,1H3,(H2,15,16,17). The lowest BCUT2D eigenvalue weighted by atomic mass is 10.0. The third-order valence-corrected chi connectivity index (χ3v) is 4.03. The molecule has 0 saturated carbocycles. The van der Waals surface area contributed by atoms with Crippen LogP contribution in [0.25, 0.3) is 21.3 Å². The van der Waals surface area contributed by atoms with Crippen LogP contribution in [-0.4, -0.2) is 9.97 Å². The van der Waals surface area contributed by atoms with E-state index in [1.54, 1.807) is 11.3 Å². The number of rotatable bonds is 2. The van der Waals surface area contributed by atoms with Crippen molar-refractivity contribution in [3.05, 3.63) is 41.5 Å². The minimum absolute atomic E-state index is 0.580. The molecule has 0 amide bonds. The van der Waals surface area contributed by atoms with Crippen LogP contribution < -0.4 is 5.73 Å². The third kappa shape index (κ3) is 1.66. The molecule has 0 aliphatic rings. The van der Waals surface area contributed by atoms with Gasteiger partial charge in [-0.1, -0.05) is 25.1 Å². The average molecular weight is 255 g/mol. The van der Waals surface area contributed by atoms with Gasteiger partial charge < -0.3 is 5.73 Å². The van der Waals surface area contributed by atoms with Gasteiger partial charge in [0, 0.05) is 15.8 Å². The number of nitrogens with zero attached hydrogens (tertiary/aromatic N) is 2. The number of benzene rings is 1. The predicted octanol–water partition coefficient (Wildman–Crippen LogP) is 3.50. The van der Waals surface area contributed by atoms with Crippen molar-refractivity contribution >= 4 is 27.2 Å². The van der Waals surface area contributed by atoms with Crippen molar-refractivity contribution in [2.24, 2.45) is 0 Å². The number of hydrogen-bond donors (Lipinski definition) is 1. The van der Waals surface area contributed by atoms with Gasteiger partial charge >= 0.3 is 0 Å². The molecule has 90 valence electrons. The summed E-state index contributed by atoms with van der Waals surface area (Å²) >= 11 is 1.73. The second-order valence-electron chi connectivity index (χ2n) is 4.08. The molecular formula is C14H13N3S. The molecule has 0 aliphatic carbocycles. The normalized spacial score (nSPS) is 10.9. The van der Waals surface area contributed by atoms with E-state index in [1.165, 1.54) is 16.4 Å². The summed E-state index contributed by atoms with van der Waals surface area (Å²) in [4.78, 5) is 8.50. The highest BCUT2D eigenvalue weighted by molar-refractivity contribution is 7.17. The summed E-state index contributed by atoms with van der Waals surface area (Å²) in [5.41, 5.74) is 9.07. The Morgan fingerprint density at radius 3 is 2.94 bits per heavy atom. The molecule has 1 aromatic carbocycles. The van der Waals surface area contributed by atoms with Gasteiger partial charge in [0.1, 0.15) is 12.1 Å². The first-order valence-corrected chi connectivity index (χ1v) is 6.75. The van der Waals surface area contributed by atoms with Gasteiger partial charge in [-0.05, 0) is 23.3 Å². The van der Waals surface area contributed by atoms with Crippen LogP contribution in [0.1, 0.15) is 12.5 Å². The molecular weight excluding hydrogens is 242 g/mol. The van der Waals surface area contributed by atoms with Crippen molar-refractivity contribution in [3.63, 3.8) is 0 Å². The third-order valence-electron chi connectivity index (χ3n) is 3.07. The fourth-order valence-corrected chi connectivity index (χ4v) is 3.10. The van der Waals surface area contributed by atoms with Crippen LogP contribution in [0.5, 0.6) is 0 Å². The first-order valence-electron chi connectivity index (χ1n) is 5.87. The molecule has 18 heavy (non-hydrogen) atoms. The average Bonchev–Trinajstić information content (AvgIpc) is 2.86. The molecule has 4 heteroatoms. The minimum atomic E-state index is 0.580. The zero-order valence-corrected chi connectivity index (χ0v) is 10.9. The first-order chi connectivity index (χ1) is 8.81. The van der Waals surface area contributed by atoms with Crippen LogP contribution in [0.4, 0.5) is 5.82 Å². The van der Waals surface area contributed by atoms with E-state index in [0.717, 1.165) is 23.2 Å². The van der Waals surface area contributed by atoms with E-state index in [-0.39, 0.29) is 0 Å². The minimum Gasteiger partial charge on any atom is -0.383 e. The van der Waals surface area contributed by atoms with Crippen LogP contribution in [0.2, 0.25) is 0 Å². The topological polar surface area (TPSA) is 51.8 Å². The Balaban J connectivity index is 2.32. The number of anilines is 1. The molecule has 3 aromatic rings. The molecule has 0 fully saturated rings. The quantitative estimate of drug-likeness (QED) is 0.762. The summed E-state index contributed by atoms with van der Waals surface area (Å²) in [6, 6.07) is 8.40. The Morgan fingerprint density at radius 2 is 2.11 bits per heavy atom. The second kappa shape index (κ2) is 4.38. The van der Waals surface area contributed by atoms with Crippen LogP contribution in [0.15, 0.2) is 36.0 Å². The number of thiophene rings is 1. The Labute approximate surface area is 109 Å². The Morgan fingerprint density at radius 1 is 1.22 bits per heavy atom.